The van der Waals surface area contributed by atoms with Gasteiger partial charge in [0, 0.05) is 51.4 Å². The maximum atomic E-state index is 12.4. The summed E-state index contributed by atoms with van der Waals surface area (Å²) in [5, 5.41) is 13.5. The first kappa shape index (κ1) is 21.6. The van der Waals surface area contributed by atoms with E-state index in [1.807, 2.05) is 0 Å². The summed E-state index contributed by atoms with van der Waals surface area (Å²) in [6.07, 6.45) is 1.43. The summed E-state index contributed by atoms with van der Waals surface area (Å²) in [7, 11) is -3.28. The number of benzene rings is 1. The minimum Gasteiger partial charge on any atom is -0.338 e. The number of nitrogens with one attached hydrogen (secondary N) is 1. The van der Waals surface area contributed by atoms with E-state index in [9.17, 15) is 32.9 Å². The quantitative estimate of drug-likeness (QED) is 0.281. The smallest absolute Gasteiger partial charge is 0.317 e. The number of fused-ring (bicyclic) bond motifs is 1. The molecular weight excluding hydrogens is 418 g/mol. The molecule has 0 unspecified atom stereocenters. The van der Waals surface area contributed by atoms with Gasteiger partial charge in [-0.1, -0.05) is 0 Å². The summed E-state index contributed by atoms with van der Waals surface area (Å²) in [5.74, 6) is -1.12. The van der Waals surface area contributed by atoms with Crippen molar-refractivity contribution >= 4 is 33.6 Å². The monoisotopic (exact) mass is 439 g/mol. The molecule has 12 nitrogen and oxygen atoms in total. The van der Waals surface area contributed by atoms with Crippen LogP contribution in [0.2, 0.25) is 0 Å². The summed E-state index contributed by atoms with van der Waals surface area (Å²) in [6.45, 7) is 1.27. The molecule has 0 radical (unpaired) electrons. The molecule has 1 saturated heterocycles. The summed E-state index contributed by atoms with van der Waals surface area (Å²) in [5.41, 5.74) is -0.139. The molecule has 0 aliphatic carbocycles. The topological polar surface area (TPSA) is 150 Å². The molecule has 1 fully saturated rings. The molecular formula is C17H21N5O7S. The van der Waals surface area contributed by atoms with Crippen molar-refractivity contribution in [3.05, 3.63) is 39.4 Å². The first-order valence-corrected chi connectivity index (χ1v) is 11.1. The lowest BCUT2D eigenvalue weighted by Crippen LogP contribution is -2.53. The van der Waals surface area contributed by atoms with Gasteiger partial charge >= 0.3 is 6.03 Å². The lowest BCUT2D eigenvalue weighted by molar-refractivity contribution is -0.384. The highest BCUT2D eigenvalue weighted by Crippen LogP contribution is 2.26. The van der Waals surface area contributed by atoms with E-state index in [0.29, 0.717) is 6.42 Å². The molecule has 0 spiro atoms. The molecule has 1 N–H and O–H groups in total. The molecule has 0 saturated carbocycles. The summed E-state index contributed by atoms with van der Waals surface area (Å²) < 4.78 is 24.3. The van der Waals surface area contributed by atoms with Crippen LogP contribution in [0.1, 0.15) is 27.1 Å². The van der Waals surface area contributed by atoms with Crippen molar-refractivity contribution in [3.63, 3.8) is 0 Å². The molecule has 2 aliphatic rings. The molecule has 0 atom stereocenters. The van der Waals surface area contributed by atoms with E-state index in [0.717, 1.165) is 17.2 Å². The van der Waals surface area contributed by atoms with Crippen LogP contribution in [-0.4, -0.2) is 90.8 Å². The number of urea groups is 1. The Kier molecular flexibility index (Phi) is 6.03. The predicted octanol–water partition coefficient (Wildman–Crippen LogP) is -0.132. The zero-order chi connectivity index (χ0) is 22.1. The van der Waals surface area contributed by atoms with Crippen LogP contribution in [0, 0.1) is 10.1 Å². The number of non-ortho nitro benzene ring substituents is 1. The molecule has 3 rings (SSSR count). The zero-order valence-corrected chi connectivity index (χ0v) is 17.1. The average molecular weight is 439 g/mol. The zero-order valence-electron chi connectivity index (χ0n) is 16.2. The van der Waals surface area contributed by atoms with Crippen LogP contribution in [0.5, 0.6) is 0 Å². The number of nitro benzene ring substituents is 1. The highest BCUT2D eigenvalue weighted by atomic mass is 32.2. The third-order valence-corrected chi connectivity index (χ3v) is 6.30. The first-order chi connectivity index (χ1) is 14.1. The summed E-state index contributed by atoms with van der Waals surface area (Å²) in [6, 6.07) is 3.19. The van der Waals surface area contributed by atoms with Crippen LogP contribution >= 0.6 is 0 Å². The van der Waals surface area contributed by atoms with E-state index in [1.165, 1.54) is 21.3 Å². The summed E-state index contributed by atoms with van der Waals surface area (Å²) >= 11 is 0. The number of piperazine rings is 1. The van der Waals surface area contributed by atoms with Crippen LogP contribution in [-0.2, 0) is 10.0 Å². The van der Waals surface area contributed by atoms with Crippen molar-refractivity contribution < 1.29 is 27.7 Å². The number of carbonyl (C=O) groups is 3. The van der Waals surface area contributed by atoms with Gasteiger partial charge in [-0.05, 0) is 12.5 Å². The Balaban J connectivity index is 1.47. The Bertz CT molecular complexity index is 1000. The van der Waals surface area contributed by atoms with Gasteiger partial charge in [0.25, 0.3) is 17.5 Å². The van der Waals surface area contributed by atoms with E-state index in [-0.39, 0.29) is 62.1 Å². The molecule has 0 bridgehead atoms. The van der Waals surface area contributed by atoms with Gasteiger partial charge in [-0.15, -0.1) is 0 Å². The van der Waals surface area contributed by atoms with E-state index in [1.54, 1.807) is 0 Å². The predicted molar refractivity (Wildman–Crippen MR) is 104 cm³/mol. The van der Waals surface area contributed by atoms with Crippen molar-refractivity contribution in [2.75, 3.05) is 45.5 Å². The second-order valence-corrected chi connectivity index (χ2v) is 8.97. The van der Waals surface area contributed by atoms with Crippen LogP contribution in [0.15, 0.2) is 18.2 Å². The molecule has 4 amide bonds. The Morgan fingerprint density at radius 2 is 1.77 bits per heavy atom. The Morgan fingerprint density at radius 1 is 1.13 bits per heavy atom. The number of imide groups is 1. The van der Waals surface area contributed by atoms with Gasteiger partial charge in [0.05, 0.1) is 22.3 Å². The highest BCUT2D eigenvalue weighted by molar-refractivity contribution is 7.88. The molecule has 1 aromatic carbocycles. The van der Waals surface area contributed by atoms with Crippen LogP contribution in [0.25, 0.3) is 0 Å². The molecule has 30 heavy (non-hydrogen) atoms. The first-order valence-electron chi connectivity index (χ1n) is 9.22. The summed E-state index contributed by atoms with van der Waals surface area (Å²) in [4.78, 5) is 49.7. The third-order valence-electron chi connectivity index (χ3n) is 4.99. The third kappa shape index (κ3) is 4.41. The second kappa shape index (κ2) is 8.36. The van der Waals surface area contributed by atoms with Gasteiger partial charge in [-0.3, -0.25) is 24.6 Å². The van der Waals surface area contributed by atoms with Gasteiger partial charge in [0.1, 0.15) is 0 Å². The number of amides is 4. The van der Waals surface area contributed by atoms with Gasteiger partial charge in [-0.25, -0.2) is 13.2 Å². The molecule has 1 aromatic rings. The van der Waals surface area contributed by atoms with Crippen molar-refractivity contribution in [2.45, 2.75) is 6.42 Å². The number of hydrogen-bond acceptors (Lipinski definition) is 7. The minimum atomic E-state index is -3.28. The Labute approximate surface area is 172 Å². The van der Waals surface area contributed by atoms with Crippen molar-refractivity contribution in [1.29, 1.82) is 0 Å². The van der Waals surface area contributed by atoms with Crippen LogP contribution in [0.4, 0.5) is 10.5 Å². The van der Waals surface area contributed by atoms with Crippen molar-refractivity contribution in [1.82, 2.24) is 19.4 Å². The lowest BCUT2D eigenvalue weighted by atomic mass is 10.1. The maximum absolute atomic E-state index is 12.4. The average Bonchev–Trinajstić information content (AvgIpc) is 2.94. The number of nitrogens with zero attached hydrogens (tertiary/aromatic N) is 4. The van der Waals surface area contributed by atoms with Gasteiger partial charge in [-0.2, -0.15) is 4.31 Å². The number of rotatable bonds is 6. The van der Waals surface area contributed by atoms with Crippen molar-refractivity contribution in [3.8, 4) is 0 Å². The molecule has 162 valence electrons. The normalized spacial score (nSPS) is 17.2. The SMILES string of the molecule is CS(=O)(=O)N1CCN(C(=O)NCCCN2C(=O)c3ccc([N+](=O)[O-])cc3C2=O)CC1. The van der Waals surface area contributed by atoms with Gasteiger partial charge in [0.15, 0.2) is 0 Å². The second-order valence-electron chi connectivity index (χ2n) is 6.98. The fourth-order valence-corrected chi connectivity index (χ4v) is 4.19. The standard InChI is InChI=1S/C17H21N5O7S/c1-30(28,29)20-9-7-19(8-10-20)17(25)18-5-2-6-21-15(23)13-4-3-12(22(26)27)11-14(13)16(21)24/h3-4,11H,2,5-10H2,1H3,(H,18,25). The van der Waals surface area contributed by atoms with Crippen LogP contribution in [0.3, 0.4) is 0 Å². The van der Waals surface area contributed by atoms with E-state index in [4.69, 9.17) is 0 Å². The minimum absolute atomic E-state index is 0.00184. The lowest BCUT2D eigenvalue weighted by Gasteiger charge is -2.33. The number of carbonyl (C=O) groups excluding carboxylic acids is 3. The number of hydrogen-bond donors (Lipinski definition) is 1. The molecule has 2 aliphatic heterocycles. The van der Waals surface area contributed by atoms with E-state index >= 15 is 0 Å². The maximum Gasteiger partial charge on any atom is 0.317 e. The fraction of sp³-hybridized carbons (Fsp3) is 0.471. The highest BCUT2D eigenvalue weighted by Gasteiger charge is 2.36. The van der Waals surface area contributed by atoms with Gasteiger partial charge < -0.3 is 10.2 Å². The Morgan fingerprint density at radius 3 is 2.37 bits per heavy atom. The largest absolute Gasteiger partial charge is 0.338 e. The fourth-order valence-electron chi connectivity index (χ4n) is 3.36. The molecule has 0 aromatic heterocycles. The van der Waals surface area contributed by atoms with Gasteiger partial charge in [0.2, 0.25) is 10.0 Å². The molecule has 13 heteroatoms. The van der Waals surface area contributed by atoms with E-state index < -0.39 is 26.8 Å². The molecule has 2 heterocycles. The number of nitro groups is 1. The van der Waals surface area contributed by atoms with Crippen molar-refractivity contribution in [2.24, 2.45) is 0 Å². The number of sulfonamides is 1. The Hall–Kier alpha value is -3.06. The van der Waals surface area contributed by atoms with Crippen LogP contribution < -0.4 is 5.32 Å². The van der Waals surface area contributed by atoms with E-state index in [2.05, 4.69) is 5.32 Å².